The molecule has 0 radical (unpaired) electrons. The Morgan fingerprint density at radius 1 is 0.978 bits per heavy atom. The number of nitrogens with zero attached hydrogens (tertiary/aromatic N) is 3. The fraction of sp³-hybridized carbons (Fsp3) is 0.286. The van der Waals surface area contributed by atoms with Crippen LogP contribution in [0.25, 0.3) is 22.2 Å². The normalized spacial score (nSPS) is 12.8. The second-order valence-electron chi connectivity index (χ2n) is 12.1. The van der Waals surface area contributed by atoms with Crippen molar-refractivity contribution in [1.29, 1.82) is 0 Å². The Morgan fingerprint density at radius 2 is 1.71 bits per heavy atom. The smallest absolute Gasteiger partial charge is 0.417 e. The minimum absolute atomic E-state index is 0.162. The van der Waals surface area contributed by atoms with Crippen LogP contribution in [0.4, 0.5) is 13.2 Å². The second kappa shape index (κ2) is 12.6. The van der Waals surface area contributed by atoms with E-state index in [1.807, 2.05) is 67.2 Å². The van der Waals surface area contributed by atoms with Crippen LogP contribution in [0.2, 0.25) is 0 Å². The van der Waals surface area contributed by atoms with E-state index in [-0.39, 0.29) is 4.75 Å². The van der Waals surface area contributed by atoms with Crippen LogP contribution in [0.5, 0.6) is 5.75 Å². The topological polar surface area (TPSA) is 83.0 Å². The van der Waals surface area contributed by atoms with Gasteiger partial charge in [0.15, 0.2) is 0 Å². The lowest BCUT2D eigenvalue weighted by atomic mass is 9.94. The minimum atomic E-state index is -4.45. The number of halogens is 3. The molecule has 2 N–H and O–H groups in total. The number of aryl methyl sites for hydroxylation is 2. The highest BCUT2D eigenvalue weighted by Gasteiger charge is 2.31. The third-order valence-corrected chi connectivity index (χ3v) is 8.63. The molecule has 0 aliphatic carbocycles. The molecule has 0 aliphatic rings. The van der Waals surface area contributed by atoms with Gasteiger partial charge in [0.05, 0.1) is 22.9 Å². The summed E-state index contributed by atoms with van der Waals surface area (Å²) in [5, 5.41) is 0.969. The van der Waals surface area contributed by atoms with Crippen molar-refractivity contribution in [3.05, 3.63) is 107 Å². The maximum absolute atomic E-state index is 13.1. The summed E-state index contributed by atoms with van der Waals surface area (Å²) in [5.41, 5.74) is 10.9. The second-order valence-corrected chi connectivity index (χ2v) is 13.9. The molecular weight excluding hydrogens is 597 g/mol. The summed E-state index contributed by atoms with van der Waals surface area (Å²) in [4.78, 5) is 22.5. The van der Waals surface area contributed by atoms with Crippen LogP contribution in [-0.4, -0.2) is 25.2 Å². The van der Waals surface area contributed by atoms with E-state index in [4.69, 9.17) is 10.5 Å². The number of carbonyl (C=O) groups excluding carboxylic acids is 1. The van der Waals surface area contributed by atoms with Crippen LogP contribution in [0.3, 0.4) is 0 Å². The van der Waals surface area contributed by atoms with Crippen molar-refractivity contribution in [3.63, 3.8) is 0 Å². The predicted molar refractivity (Wildman–Crippen MR) is 172 cm³/mol. The lowest BCUT2D eigenvalue weighted by Crippen LogP contribution is -2.26. The van der Waals surface area contributed by atoms with Gasteiger partial charge in [-0.3, -0.25) is 14.8 Å². The third-order valence-electron chi connectivity index (χ3n) is 7.39. The van der Waals surface area contributed by atoms with Gasteiger partial charge in [-0.15, -0.1) is 11.8 Å². The van der Waals surface area contributed by atoms with Crippen molar-refractivity contribution in [2.75, 3.05) is 0 Å². The molecule has 2 aromatic carbocycles. The summed E-state index contributed by atoms with van der Waals surface area (Å²) in [6.45, 7) is 8.68. The lowest BCUT2D eigenvalue weighted by molar-refractivity contribution is -0.137. The molecule has 3 aromatic heterocycles. The number of nitrogens with two attached hydrogens (primary N) is 1. The number of pyridine rings is 2. The summed E-state index contributed by atoms with van der Waals surface area (Å²) in [5.74, 6) is -0.392. The van der Waals surface area contributed by atoms with Gasteiger partial charge in [-0.1, -0.05) is 51.1 Å². The molecule has 6 nitrogen and oxygen atoms in total. The van der Waals surface area contributed by atoms with Crippen molar-refractivity contribution in [3.8, 4) is 17.0 Å². The number of alkyl halides is 3. The van der Waals surface area contributed by atoms with Crippen molar-refractivity contribution in [1.82, 2.24) is 14.5 Å². The van der Waals surface area contributed by atoms with Crippen molar-refractivity contribution >= 4 is 28.6 Å². The van der Waals surface area contributed by atoms with Gasteiger partial charge in [0.25, 0.3) is 0 Å². The van der Waals surface area contributed by atoms with Crippen LogP contribution in [0.1, 0.15) is 54.8 Å². The van der Waals surface area contributed by atoms with E-state index in [0.29, 0.717) is 30.0 Å². The molecule has 10 heteroatoms. The van der Waals surface area contributed by atoms with E-state index in [0.717, 1.165) is 50.6 Å². The first-order valence-electron chi connectivity index (χ1n) is 14.5. The molecular formula is C35H35F3N4O2S. The van der Waals surface area contributed by atoms with Crippen LogP contribution < -0.4 is 10.5 Å². The molecule has 5 rings (SSSR count). The average molecular weight is 633 g/mol. The van der Waals surface area contributed by atoms with Crippen LogP contribution >= 0.6 is 11.8 Å². The Bertz CT molecular complexity index is 1810. The largest absolute Gasteiger partial charge is 0.487 e. The molecule has 5 aromatic rings. The predicted octanol–water partition coefficient (Wildman–Crippen LogP) is 8.24. The summed E-state index contributed by atoms with van der Waals surface area (Å²) in [6.07, 6.45) is -1.46. The van der Waals surface area contributed by atoms with E-state index in [1.165, 1.54) is 6.07 Å². The zero-order chi connectivity index (χ0) is 32.5. The maximum Gasteiger partial charge on any atom is 0.417 e. The molecule has 0 fully saturated rings. The molecule has 0 aliphatic heterocycles. The van der Waals surface area contributed by atoms with Crippen molar-refractivity contribution < 1.29 is 22.7 Å². The van der Waals surface area contributed by atoms with Gasteiger partial charge >= 0.3 is 6.18 Å². The first-order valence-corrected chi connectivity index (χ1v) is 15.3. The fourth-order valence-corrected chi connectivity index (χ4v) is 6.43. The summed E-state index contributed by atoms with van der Waals surface area (Å²) < 4.78 is 46.9. The number of amides is 1. The molecule has 0 saturated carbocycles. The highest BCUT2D eigenvalue weighted by Crippen LogP contribution is 2.45. The zero-order valence-corrected chi connectivity index (χ0v) is 26.6. The molecule has 0 spiro atoms. The van der Waals surface area contributed by atoms with Gasteiger partial charge in [0, 0.05) is 51.2 Å². The first kappa shape index (κ1) is 32.1. The Labute approximate surface area is 264 Å². The Hall–Kier alpha value is -4.31. The third kappa shape index (κ3) is 7.50. The number of hydrogen-bond acceptors (Lipinski definition) is 5. The van der Waals surface area contributed by atoms with Gasteiger partial charge in [-0.25, -0.2) is 0 Å². The summed E-state index contributed by atoms with van der Waals surface area (Å²) >= 11 is 1.68. The summed E-state index contributed by atoms with van der Waals surface area (Å²) in [7, 11) is 1.94. The average Bonchev–Trinajstić information content (AvgIpc) is 3.24. The zero-order valence-electron chi connectivity index (χ0n) is 25.8. The number of fused-ring (bicyclic) bond motifs is 1. The number of aromatic nitrogens is 3. The molecule has 45 heavy (non-hydrogen) atoms. The minimum Gasteiger partial charge on any atom is -0.487 e. The quantitative estimate of drug-likeness (QED) is 0.166. The Kier molecular flexibility index (Phi) is 8.98. The number of primary amides is 1. The maximum atomic E-state index is 13.1. The standard InChI is InChI=1S/C35H35F3N4O2S/c1-21-6-12-25(40-18-21)20-44-26-13-15-30-27(17-26)32(45-34(2,3)4)31(42(30)5)28(33(39)43)16-22-7-9-23(10-8-22)29-14-11-24(19-41-29)35(36,37)38/h6-15,17-19,28H,16,20H2,1-5H3,(H2,39,43). The van der Waals surface area contributed by atoms with Crippen molar-refractivity contribution in [2.45, 2.75) is 62.5 Å². The lowest BCUT2D eigenvalue weighted by Gasteiger charge is -2.22. The van der Waals surface area contributed by atoms with Gasteiger partial charge in [0.1, 0.15) is 12.4 Å². The molecule has 0 bridgehead atoms. The molecule has 1 atom stereocenters. The van der Waals surface area contributed by atoms with Gasteiger partial charge < -0.3 is 15.0 Å². The fourth-order valence-electron chi connectivity index (χ4n) is 5.16. The van der Waals surface area contributed by atoms with E-state index < -0.39 is 23.6 Å². The van der Waals surface area contributed by atoms with E-state index in [2.05, 4.69) is 30.7 Å². The number of rotatable bonds is 9. The van der Waals surface area contributed by atoms with Crippen LogP contribution in [0, 0.1) is 6.92 Å². The molecule has 1 amide bonds. The number of benzene rings is 2. The van der Waals surface area contributed by atoms with Crippen molar-refractivity contribution in [2.24, 2.45) is 12.8 Å². The number of ether oxygens (including phenoxy) is 1. The van der Waals surface area contributed by atoms with Crippen LogP contribution in [-0.2, 0) is 31.0 Å². The van der Waals surface area contributed by atoms with E-state index in [1.54, 1.807) is 23.9 Å². The van der Waals surface area contributed by atoms with Gasteiger partial charge in [-0.2, -0.15) is 13.2 Å². The Balaban J connectivity index is 1.46. The molecule has 1 unspecified atom stereocenters. The van der Waals surface area contributed by atoms with Gasteiger partial charge in [-0.05, 0) is 60.9 Å². The highest BCUT2D eigenvalue weighted by molar-refractivity contribution is 8.00. The summed E-state index contributed by atoms with van der Waals surface area (Å²) in [6, 6.07) is 19.5. The monoisotopic (exact) mass is 632 g/mol. The molecule has 0 saturated heterocycles. The first-order chi connectivity index (χ1) is 21.2. The van der Waals surface area contributed by atoms with E-state index in [9.17, 15) is 18.0 Å². The highest BCUT2D eigenvalue weighted by atomic mass is 32.2. The number of carbonyl (C=O) groups is 1. The SMILES string of the molecule is Cc1ccc(COc2ccc3c(c2)c(SC(C)(C)C)c(C(Cc2ccc(-c4ccc(C(F)(F)F)cn4)cc2)C(N)=O)n3C)nc1. The Morgan fingerprint density at radius 3 is 2.29 bits per heavy atom. The molecule has 3 heterocycles. The van der Waals surface area contributed by atoms with Gasteiger partial charge in [0.2, 0.25) is 5.91 Å². The molecule has 234 valence electrons. The number of hydrogen-bond donors (Lipinski definition) is 1. The van der Waals surface area contributed by atoms with E-state index >= 15 is 0 Å². The van der Waals surface area contributed by atoms with Crippen LogP contribution in [0.15, 0.2) is 84.0 Å². The number of thioether (sulfide) groups is 1.